The highest BCUT2D eigenvalue weighted by Gasteiger charge is 2.13. The number of Topliss-reactive ketones (excluding diaryl/α,β-unsaturated/α-hetero) is 1. The minimum Gasteiger partial charge on any atom is -0.292 e. The lowest BCUT2D eigenvalue weighted by Gasteiger charge is -2.04. The van der Waals surface area contributed by atoms with Crippen molar-refractivity contribution in [3.05, 3.63) is 70.8 Å². The number of carbonyl (C=O) groups excluding carboxylic acids is 1. The molecule has 0 fully saturated rings. The molecule has 0 amide bonds. The van der Waals surface area contributed by atoms with Crippen molar-refractivity contribution < 1.29 is 9.18 Å². The Kier molecular flexibility index (Phi) is 3.62. The van der Waals surface area contributed by atoms with Crippen LogP contribution in [0, 0.1) is 5.82 Å². The highest BCUT2D eigenvalue weighted by molar-refractivity contribution is 6.30. The second-order valence-corrected chi connectivity index (χ2v) is 5.02. The van der Waals surface area contributed by atoms with Crippen LogP contribution in [0.15, 0.2) is 48.7 Å². The van der Waals surface area contributed by atoms with E-state index in [0.29, 0.717) is 16.1 Å². The molecule has 0 unspecified atom stereocenters. The first-order valence-electron chi connectivity index (χ1n) is 6.32. The van der Waals surface area contributed by atoms with Crippen molar-refractivity contribution in [2.75, 3.05) is 0 Å². The number of aromatic nitrogens is 2. The first-order valence-corrected chi connectivity index (χ1v) is 6.70. The average molecular weight is 301 g/mol. The topological polar surface area (TPSA) is 42.9 Å². The SMILES string of the molecule is O=C(Cc1cc(Cl)ccc1F)c1cnc2ccccc2n1. The zero-order chi connectivity index (χ0) is 14.8. The van der Waals surface area contributed by atoms with E-state index in [1.807, 2.05) is 18.2 Å². The number of rotatable bonds is 3. The lowest BCUT2D eigenvalue weighted by atomic mass is 10.1. The van der Waals surface area contributed by atoms with Gasteiger partial charge < -0.3 is 0 Å². The summed E-state index contributed by atoms with van der Waals surface area (Å²) in [5.41, 5.74) is 1.81. The molecule has 0 bridgehead atoms. The smallest absolute Gasteiger partial charge is 0.187 e. The van der Waals surface area contributed by atoms with Crippen molar-refractivity contribution in [1.29, 1.82) is 0 Å². The minimum atomic E-state index is -0.457. The molecule has 1 heterocycles. The Morgan fingerprint density at radius 3 is 2.71 bits per heavy atom. The molecule has 0 aliphatic rings. The summed E-state index contributed by atoms with van der Waals surface area (Å²) in [6, 6.07) is 11.4. The van der Waals surface area contributed by atoms with Gasteiger partial charge in [0.1, 0.15) is 11.5 Å². The van der Waals surface area contributed by atoms with Crippen LogP contribution >= 0.6 is 11.6 Å². The molecular formula is C16H10ClFN2O. The number of halogens is 2. The average Bonchev–Trinajstić information content (AvgIpc) is 2.50. The van der Waals surface area contributed by atoms with Gasteiger partial charge in [0, 0.05) is 11.4 Å². The maximum atomic E-state index is 13.7. The van der Waals surface area contributed by atoms with Crippen molar-refractivity contribution in [1.82, 2.24) is 9.97 Å². The monoisotopic (exact) mass is 300 g/mol. The van der Waals surface area contributed by atoms with Gasteiger partial charge >= 0.3 is 0 Å². The summed E-state index contributed by atoms with van der Waals surface area (Å²) in [7, 11) is 0. The van der Waals surface area contributed by atoms with Crippen LogP contribution in [0.2, 0.25) is 5.02 Å². The summed E-state index contributed by atoms with van der Waals surface area (Å²) in [5, 5.41) is 0.392. The van der Waals surface area contributed by atoms with Crippen LogP contribution in [0.3, 0.4) is 0 Å². The maximum Gasteiger partial charge on any atom is 0.187 e. The molecule has 1 aromatic heterocycles. The molecule has 2 aromatic carbocycles. The number of fused-ring (bicyclic) bond motifs is 1. The number of benzene rings is 2. The van der Waals surface area contributed by atoms with Gasteiger partial charge in [0.05, 0.1) is 17.2 Å². The zero-order valence-corrected chi connectivity index (χ0v) is 11.6. The van der Waals surface area contributed by atoms with Crippen molar-refractivity contribution in [3.8, 4) is 0 Å². The molecule has 0 aliphatic heterocycles. The first kappa shape index (κ1) is 13.6. The normalized spacial score (nSPS) is 10.8. The van der Waals surface area contributed by atoms with Gasteiger partial charge in [-0.3, -0.25) is 9.78 Å². The fourth-order valence-electron chi connectivity index (χ4n) is 2.03. The second-order valence-electron chi connectivity index (χ2n) is 4.58. The first-order chi connectivity index (χ1) is 10.1. The third-order valence-electron chi connectivity index (χ3n) is 3.09. The third-order valence-corrected chi connectivity index (χ3v) is 3.33. The van der Waals surface area contributed by atoms with Gasteiger partial charge in [0.15, 0.2) is 5.78 Å². The molecular weight excluding hydrogens is 291 g/mol. The summed E-state index contributed by atoms with van der Waals surface area (Å²) in [4.78, 5) is 20.6. The van der Waals surface area contributed by atoms with Crippen LogP contribution < -0.4 is 0 Å². The quantitative estimate of drug-likeness (QED) is 0.690. The molecule has 0 saturated carbocycles. The summed E-state index contributed by atoms with van der Waals surface area (Å²) >= 11 is 5.82. The van der Waals surface area contributed by atoms with Crippen molar-refractivity contribution in [3.63, 3.8) is 0 Å². The molecule has 21 heavy (non-hydrogen) atoms. The number of hydrogen-bond acceptors (Lipinski definition) is 3. The predicted octanol–water partition coefficient (Wildman–Crippen LogP) is 3.85. The molecule has 0 spiro atoms. The Labute approximate surface area is 125 Å². The maximum absolute atomic E-state index is 13.7. The van der Waals surface area contributed by atoms with E-state index in [0.717, 1.165) is 0 Å². The number of hydrogen-bond donors (Lipinski definition) is 0. The second kappa shape index (κ2) is 5.58. The summed E-state index contributed by atoms with van der Waals surface area (Å²) < 4.78 is 13.7. The summed E-state index contributed by atoms with van der Waals surface area (Å²) in [6.45, 7) is 0. The fourth-order valence-corrected chi connectivity index (χ4v) is 2.23. The van der Waals surface area contributed by atoms with Crippen LogP contribution in [-0.4, -0.2) is 15.8 Å². The van der Waals surface area contributed by atoms with Gasteiger partial charge in [-0.05, 0) is 35.9 Å². The van der Waals surface area contributed by atoms with Crippen molar-refractivity contribution >= 4 is 28.4 Å². The number of carbonyl (C=O) groups is 1. The molecule has 0 saturated heterocycles. The van der Waals surface area contributed by atoms with Gasteiger partial charge in [-0.2, -0.15) is 0 Å². The van der Waals surface area contributed by atoms with Gasteiger partial charge in [0.2, 0.25) is 0 Å². The van der Waals surface area contributed by atoms with Gasteiger partial charge in [-0.25, -0.2) is 9.37 Å². The molecule has 0 atom stereocenters. The molecule has 0 N–H and O–H groups in total. The molecule has 104 valence electrons. The molecule has 3 aromatic rings. The lowest BCUT2D eigenvalue weighted by Crippen LogP contribution is -2.08. The van der Waals surface area contributed by atoms with E-state index in [1.54, 1.807) is 6.07 Å². The van der Waals surface area contributed by atoms with Gasteiger partial charge in [0.25, 0.3) is 0 Å². The highest BCUT2D eigenvalue weighted by Crippen LogP contribution is 2.17. The largest absolute Gasteiger partial charge is 0.292 e. The molecule has 3 nitrogen and oxygen atoms in total. The van der Waals surface area contributed by atoms with E-state index in [-0.39, 0.29) is 23.5 Å². The molecule has 0 aliphatic carbocycles. The zero-order valence-electron chi connectivity index (χ0n) is 10.9. The summed E-state index contributed by atoms with van der Waals surface area (Å²) in [6.07, 6.45) is 1.31. The van der Waals surface area contributed by atoms with Gasteiger partial charge in [-0.1, -0.05) is 23.7 Å². The van der Waals surface area contributed by atoms with Crippen molar-refractivity contribution in [2.24, 2.45) is 0 Å². The highest BCUT2D eigenvalue weighted by atomic mass is 35.5. The van der Waals surface area contributed by atoms with E-state index >= 15 is 0 Å². The van der Waals surface area contributed by atoms with Crippen molar-refractivity contribution in [2.45, 2.75) is 6.42 Å². The molecule has 5 heteroatoms. The van der Waals surface area contributed by atoms with E-state index in [1.165, 1.54) is 24.4 Å². The van der Waals surface area contributed by atoms with E-state index in [2.05, 4.69) is 9.97 Å². The van der Waals surface area contributed by atoms with Gasteiger partial charge in [-0.15, -0.1) is 0 Å². The fraction of sp³-hybridized carbons (Fsp3) is 0.0625. The number of ketones is 1. The van der Waals surface area contributed by atoms with Crippen LogP contribution in [0.4, 0.5) is 4.39 Å². The third kappa shape index (κ3) is 2.90. The minimum absolute atomic E-state index is 0.0978. The Hall–Kier alpha value is -2.33. The van der Waals surface area contributed by atoms with Crippen LogP contribution in [-0.2, 0) is 6.42 Å². The Morgan fingerprint density at radius 1 is 1.14 bits per heavy atom. The Balaban J connectivity index is 1.91. The molecule has 0 radical (unpaired) electrons. The van der Waals surface area contributed by atoms with Crippen LogP contribution in [0.5, 0.6) is 0 Å². The Bertz CT molecular complexity index is 835. The van der Waals surface area contributed by atoms with E-state index in [4.69, 9.17) is 11.6 Å². The number of para-hydroxylation sites is 2. The van der Waals surface area contributed by atoms with E-state index in [9.17, 15) is 9.18 Å². The van der Waals surface area contributed by atoms with E-state index < -0.39 is 5.82 Å². The number of nitrogens with zero attached hydrogens (tertiary/aromatic N) is 2. The Morgan fingerprint density at radius 2 is 1.90 bits per heavy atom. The molecule has 3 rings (SSSR count). The van der Waals surface area contributed by atoms with Crippen LogP contribution in [0.1, 0.15) is 16.1 Å². The van der Waals surface area contributed by atoms with Crippen LogP contribution in [0.25, 0.3) is 11.0 Å². The predicted molar refractivity (Wildman–Crippen MR) is 79.0 cm³/mol. The standard InChI is InChI=1S/C16H10ClFN2O/c17-11-5-6-12(18)10(7-11)8-16(21)15-9-19-13-3-1-2-4-14(13)20-15/h1-7,9H,8H2. The summed E-state index contributed by atoms with van der Waals surface area (Å²) in [5.74, 6) is -0.754. The lowest BCUT2D eigenvalue weighted by molar-refractivity contribution is 0.0987.